The second-order valence-corrected chi connectivity index (χ2v) is 10.1. The van der Waals surface area contributed by atoms with Crippen molar-refractivity contribution in [2.75, 3.05) is 14.2 Å². The Labute approximate surface area is 187 Å². The van der Waals surface area contributed by atoms with E-state index in [2.05, 4.69) is 16.3 Å². The average Bonchev–Trinajstić information content (AvgIpc) is 3.21. The highest BCUT2D eigenvalue weighted by Crippen LogP contribution is 2.62. The van der Waals surface area contributed by atoms with Gasteiger partial charge in [-0.1, -0.05) is 6.07 Å². The number of H-pyrrole nitrogens is 1. The van der Waals surface area contributed by atoms with E-state index in [9.17, 15) is 5.26 Å². The molecule has 0 spiro atoms. The number of aromatic amines is 1. The van der Waals surface area contributed by atoms with Crippen LogP contribution in [0.4, 0.5) is 0 Å². The summed E-state index contributed by atoms with van der Waals surface area (Å²) in [6.07, 6.45) is 7.65. The lowest BCUT2D eigenvalue weighted by atomic mass is 9.48. The fourth-order valence-corrected chi connectivity index (χ4v) is 7.43. The zero-order valence-corrected chi connectivity index (χ0v) is 18.5. The number of hydrogen-bond acceptors (Lipinski definition) is 6. The van der Waals surface area contributed by atoms with Gasteiger partial charge in [0, 0.05) is 11.1 Å². The quantitative estimate of drug-likeness (QED) is 0.753. The highest BCUT2D eigenvalue weighted by Gasteiger charge is 2.54. The van der Waals surface area contributed by atoms with Gasteiger partial charge < -0.3 is 19.9 Å². The predicted molar refractivity (Wildman–Crippen MR) is 117 cm³/mol. The lowest BCUT2D eigenvalue weighted by molar-refractivity contribution is -0.00768. The topological polar surface area (TPSA) is 106 Å². The number of fused-ring (bicyclic) bond motifs is 1. The monoisotopic (exact) mass is 432 g/mol. The Kier molecular flexibility index (Phi) is 4.23. The first-order valence-corrected chi connectivity index (χ1v) is 11.4. The van der Waals surface area contributed by atoms with Gasteiger partial charge in [0.15, 0.2) is 11.5 Å². The number of aromatic nitrogens is 2. The molecule has 1 aliphatic heterocycles. The van der Waals surface area contributed by atoms with Crippen LogP contribution < -0.4 is 19.9 Å². The summed E-state index contributed by atoms with van der Waals surface area (Å²) in [5.74, 6) is 3.89. The summed E-state index contributed by atoms with van der Waals surface area (Å²) in [6, 6.07) is 8.09. The smallest absolute Gasteiger partial charge is 0.244 e. The molecule has 4 fully saturated rings. The number of nitrogens with two attached hydrogens (primary N) is 1. The minimum absolute atomic E-state index is 0.0835. The van der Waals surface area contributed by atoms with E-state index in [0.717, 1.165) is 34.6 Å². The van der Waals surface area contributed by atoms with E-state index < -0.39 is 0 Å². The normalized spacial score (nSPS) is 32.3. The molecule has 0 radical (unpaired) electrons. The highest BCUT2D eigenvalue weighted by atomic mass is 16.5. The van der Waals surface area contributed by atoms with E-state index in [1.54, 1.807) is 14.2 Å². The van der Waals surface area contributed by atoms with Crippen LogP contribution in [0, 0.1) is 29.1 Å². The number of nitriles is 1. The number of rotatable bonds is 4. The van der Waals surface area contributed by atoms with E-state index in [-0.39, 0.29) is 17.2 Å². The molecule has 3 N–H and O–H groups in total. The second kappa shape index (κ2) is 6.93. The Morgan fingerprint density at radius 1 is 1.09 bits per heavy atom. The van der Waals surface area contributed by atoms with Crippen molar-refractivity contribution >= 4 is 0 Å². The zero-order valence-electron chi connectivity index (χ0n) is 18.5. The van der Waals surface area contributed by atoms with Gasteiger partial charge in [0.2, 0.25) is 11.8 Å². The molecule has 166 valence electrons. The summed E-state index contributed by atoms with van der Waals surface area (Å²) in [5, 5.41) is 18.0. The third kappa shape index (κ3) is 2.68. The fourth-order valence-electron chi connectivity index (χ4n) is 7.43. The Bertz CT molecular complexity index is 1120. The molecular formula is C25H28N4O3. The molecule has 0 saturated heterocycles. The molecule has 32 heavy (non-hydrogen) atoms. The number of benzene rings is 1. The van der Waals surface area contributed by atoms with E-state index >= 15 is 0 Å². The van der Waals surface area contributed by atoms with Crippen LogP contribution in [0.25, 0.3) is 0 Å². The number of ether oxygens (including phenoxy) is 3. The van der Waals surface area contributed by atoms with Gasteiger partial charge in [0.25, 0.3) is 0 Å². The molecule has 1 aromatic heterocycles. The molecule has 4 saturated carbocycles. The standard InChI is InChI=1S/C25H28N4O3/c1-30-18-4-3-16(8-19(18)31-2)20-17(12-26)23(27)32-24-21(20)22(28-29-24)25-9-13-5-14(10-25)7-15(6-13)11-25/h3-4,8,13-15,20H,5-7,9-11,27H2,1-2H3,(H,28,29). The maximum atomic E-state index is 10.1. The molecule has 2 aromatic rings. The number of methoxy groups -OCH3 is 2. The van der Waals surface area contributed by atoms with Crippen LogP contribution in [0.1, 0.15) is 61.3 Å². The second-order valence-electron chi connectivity index (χ2n) is 10.1. The van der Waals surface area contributed by atoms with Crippen LogP contribution in [0.15, 0.2) is 29.7 Å². The molecule has 2 heterocycles. The van der Waals surface area contributed by atoms with Crippen LogP contribution in [0.3, 0.4) is 0 Å². The summed E-state index contributed by atoms with van der Waals surface area (Å²) >= 11 is 0. The van der Waals surface area contributed by atoms with Crippen LogP contribution >= 0.6 is 0 Å². The molecule has 7 nitrogen and oxygen atoms in total. The molecule has 4 bridgehead atoms. The predicted octanol–water partition coefficient (Wildman–Crippen LogP) is 4.11. The molecule has 5 aliphatic rings. The van der Waals surface area contributed by atoms with Gasteiger partial charge in [-0.2, -0.15) is 5.26 Å². The molecule has 4 aliphatic carbocycles. The van der Waals surface area contributed by atoms with Gasteiger partial charge in [-0.25, -0.2) is 0 Å². The van der Waals surface area contributed by atoms with Crippen molar-refractivity contribution in [2.24, 2.45) is 23.5 Å². The van der Waals surface area contributed by atoms with Gasteiger partial charge >= 0.3 is 0 Å². The van der Waals surface area contributed by atoms with Crippen molar-refractivity contribution in [3.05, 3.63) is 46.5 Å². The van der Waals surface area contributed by atoms with Crippen molar-refractivity contribution < 1.29 is 14.2 Å². The van der Waals surface area contributed by atoms with Gasteiger partial charge in [-0.15, -0.1) is 5.10 Å². The van der Waals surface area contributed by atoms with E-state index in [0.29, 0.717) is 23.0 Å². The molecular weight excluding hydrogens is 404 g/mol. The highest BCUT2D eigenvalue weighted by molar-refractivity contribution is 5.58. The third-order valence-electron chi connectivity index (χ3n) is 8.25. The number of hydrogen-bond donors (Lipinski definition) is 2. The van der Waals surface area contributed by atoms with E-state index in [1.165, 1.54) is 38.5 Å². The van der Waals surface area contributed by atoms with Gasteiger partial charge in [-0.05, 0) is 74.0 Å². The SMILES string of the molecule is COc1ccc(C2C(C#N)=C(N)Oc3n[nH]c(C45CC6CC(CC(C6)C4)C5)c32)cc1OC. The molecule has 1 atom stereocenters. The van der Waals surface area contributed by atoms with Gasteiger partial charge in [-0.3, -0.25) is 5.10 Å². The average molecular weight is 433 g/mol. The Balaban J connectivity index is 1.52. The minimum Gasteiger partial charge on any atom is -0.493 e. The lowest BCUT2D eigenvalue weighted by Crippen LogP contribution is -2.49. The van der Waals surface area contributed by atoms with Crippen molar-refractivity contribution in [1.82, 2.24) is 10.2 Å². The maximum Gasteiger partial charge on any atom is 0.244 e. The zero-order chi connectivity index (χ0) is 22.0. The lowest BCUT2D eigenvalue weighted by Gasteiger charge is -2.56. The van der Waals surface area contributed by atoms with Crippen molar-refractivity contribution in [3.63, 3.8) is 0 Å². The summed E-state index contributed by atoms with van der Waals surface area (Å²) in [5.41, 5.74) is 9.72. The van der Waals surface area contributed by atoms with Crippen LogP contribution in [-0.4, -0.2) is 24.4 Å². The van der Waals surface area contributed by atoms with Crippen LogP contribution in [-0.2, 0) is 5.41 Å². The summed E-state index contributed by atoms with van der Waals surface area (Å²) in [7, 11) is 3.23. The van der Waals surface area contributed by atoms with Gasteiger partial charge in [0.05, 0.1) is 25.7 Å². The van der Waals surface area contributed by atoms with Crippen LogP contribution in [0.5, 0.6) is 17.4 Å². The Morgan fingerprint density at radius 3 is 2.34 bits per heavy atom. The van der Waals surface area contributed by atoms with E-state index in [1.807, 2.05) is 18.2 Å². The van der Waals surface area contributed by atoms with Crippen molar-refractivity contribution in [1.29, 1.82) is 5.26 Å². The molecule has 7 heteroatoms. The number of nitrogens with zero attached hydrogens (tertiary/aromatic N) is 2. The van der Waals surface area contributed by atoms with Crippen LogP contribution in [0.2, 0.25) is 0 Å². The maximum absolute atomic E-state index is 10.1. The summed E-state index contributed by atoms with van der Waals surface area (Å²) in [4.78, 5) is 0. The molecule has 7 rings (SSSR count). The fraction of sp³-hybridized carbons (Fsp3) is 0.520. The first-order valence-electron chi connectivity index (χ1n) is 11.4. The summed E-state index contributed by atoms with van der Waals surface area (Å²) in [6.45, 7) is 0. The molecule has 1 aromatic carbocycles. The van der Waals surface area contributed by atoms with Crippen molar-refractivity contribution in [3.8, 4) is 23.4 Å². The summed E-state index contributed by atoms with van der Waals surface area (Å²) < 4.78 is 16.8. The first-order chi connectivity index (χ1) is 15.5. The van der Waals surface area contributed by atoms with Crippen molar-refractivity contribution in [2.45, 2.75) is 49.9 Å². The largest absolute Gasteiger partial charge is 0.493 e. The molecule has 1 unspecified atom stereocenters. The third-order valence-corrected chi connectivity index (χ3v) is 8.25. The molecule has 0 amide bonds. The van der Waals surface area contributed by atoms with E-state index in [4.69, 9.17) is 19.9 Å². The number of nitrogens with one attached hydrogen (secondary N) is 1. The minimum atomic E-state index is -0.356. The number of allylic oxidation sites excluding steroid dienone is 1. The Hall–Kier alpha value is -3.14. The van der Waals surface area contributed by atoms with Gasteiger partial charge in [0.1, 0.15) is 11.6 Å². The Morgan fingerprint density at radius 2 is 1.75 bits per heavy atom. The first kappa shape index (κ1) is 19.5.